The molecule has 0 aromatic heterocycles. The van der Waals surface area contributed by atoms with Gasteiger partial charge in [-0.15, -0.1) is 0 Å². The number of carbonyl (C=O) groups is 2. The van der Waals surface area contributed by atoms with Crippen LogP contribution in [-0.4, -0.2) is 34.5 Å². The molecule has 1 aromatic rings. The van der Waals surface area contributed by atoms with Crippen LogP contribution in [-0.2, 0) is 4.79 Å². The molecule has 1 heterocycles. The Morgan fingerprint density at radius 3 is 2.70 bits per heavy atom. The molecule has 0 radical (unpaired) electrons. The fourth-order valence-corrected chi connectivity index (χ4v) is 2.56. The zero-order valence-electron chi connectivity index (χ0n) is 11.6. The Morgan fingerprint density at radius 2 is 2.05 bits per heavy atom. The summed E-state index contributed by atoms with van der Waals surface area (Å²) in [7, 11) is 0. The van der Waals surface area contributed by atoms with E-state index < -0.39 is 23.6 Å². The molecule has 1 fully saturated rings. The smallest absolute Gasteiger partial charge is 0.308 e. The first kappa shape index (κ1) is 14.5. The Bertz CT molecular complexity index is 544. The number of amides is 1. The SMILES string of the molecule is Cc1cccc(C(=O)N2CC(C(=O)O)CCC2C)c1F. The number of piperidine rings is 1. The number of aliphatic carboxylic acids is 1. The first-order valence-electron chi connectivity index (χ1n) is 6.70. The molecule has 4 nitrogen and oxygen atoms in total. The molecule has 20 heavy (non-hydrogen) atoms. The lowest BCUT2D eigenvalue weighted by atomic mass is 9.92. The second kappa shape index (κ2) is 5.61. The molecular formula is C15H18FNO3. The molecule has 108 valence electrons. The molecule has 0 saturated carbocycles. The summed E-state index contributed by atoms with van der Waals surface area (Å²) < 4.78 is 14.0. The molecule has 1 amide bonds. The normalized spacial score (nSPS) is 22.6. The number of rotatable bonds is 2. The summed E-state index contributed by atoms with van der Waals surface area (Å²) >= 11 is 0. The van der Waals surface area contributed by atoms with Crippen LogP contribution in [0, 0.1) is 18.7 Å². The van der Waals surface area contributed by atoms with Crippen LogP contribution in [0.4, 0.5) is 4.39 Å². The van der Waals surface area contributed by atoms with Crippen LogP contribution in [0.5, 0.6) is 0 Å². The average molecular weight is 279 g/mol. The van der Waals surface area contributed by atoms with E-state index >= 15 is 0 Å². The zero-order valence-corrected chi connectivity index (χ0v) is 11.6. The number of carbonyl (C=O) groups excluding carboxylic acids is 1. The third kappa shape index (κ3) is 2.66. The largest absolute Gasteiger partial charge is 0.481 e. The van der Waals surface area contributed by atoms with E-state index in [1.54, 1.807) is 19.1 Å². The van der Waals surface area contributed by atoms with Gasteiger partial charge in [0, 0.05) is 12.6 Å². The van der Waals surface area contributed by atoms with Gasteiger partial charge in [0.25, 0.3) is 5.91 Å². The molecule has 0 bridgehead atoms. The van der Waals surface area contributed by atoms with Crippen LogP contribution < -0.4 is 0 Å². The van der Waals surface area contributed by atoms with Gasteiger partial charge < -0.3 is 10.0 Å². The van der Waals surface area contributed by atoms with Crippen molar-refractivity contribution >= 4 is 11.9 Å². The summed E-state index contributed by atoms with van der Waals surface area (Å²) in [6.07, 6.45) is 1.17. The highest BCUT2D eigenvalue weighted by Gasteiger charge is 2.33. The maximum Gasteiger partial charge on any atom is 0.308 e. The second-order valence-corrected chi connectivity index (χ2v) is 5.36. The van der Waals surface area contributed by atoms with Gasteiger partial charge in [0.15, 0.2) is 0 Å². The number of carboxylic acid groups (broad SMARTS) is 1. The quantitative estimate of drug-likeness (QED) is 0.904. The van der Waals surface area contributed by atoms with Crippen molar-refractivity contribution < 1.29 is 19.1 Å². The van der Waals surface area contributed by atoms with Gasteiger partial charge in [0.2, 0.25) is 0 Å². The standard InChI is InChI=1S/C15H18FNO3/c1-9-4-3-5-12(13(9)16)14(18)17-8-11(15(19)20)7-6-10(17)2/h3-5,10-11H,6-8H2,1-2H3,(H,19,20). The molecule has 0 spiro atoms. The van der Waals surface area contributed by atoms with E-state index in [2.05, 4.69) is 0 Å². The van der Waals surface area contributed by atoms with Crippen molar-refractivity contribution in [2.75, 3.05) is 6.54 Å². The number of likely N-dealkylation sites (tertiary alicyclic amines) is 1. The number of aryl methyl sites for hydroxylation is 1. The van der Waals surface area contributed by atoms with Crippen LogP contribution in [0.1, 0.15) is 35.7 Å². The lowest BCUT2D eigenvalue weighted by Gasteiger charge is -2.36. The van der Waals surface area contributed by atoms with Crippen molar-refractivity contribution in [2.45, 2.75) is 32.7 Å². The first-order valence-corrected chi connectivity index (χ1v) is 6.70. The van der Waals surface area contributed by atoms with Crippen molar-refractivity contribution in [3.8, 4) is 0 Å². The molecule has 5 heteroatoms. The maximum atomic E-state index is 14.0. The van der Waals surface area contributed by atoms with E-state index in [0.29, 0.717) is 18.4 Å². The molecule has 1 aromatic carbocycles. The molecule has 2 rings (SSSR count). The Hall–Kier alpha value is -1.91. The van der Waals surface area contributed by atoms with Gasteiger partial charge in [-0.25, -0.2) is 4.39 Å². The van der Waals surface area contributed by atoms with Crippen LogP contribution in [0.2, 0.25) is 0 Å². The Labute approximate surface area is 117 Å². The van der Waals surface area contributed by atoms with Crippen molar-refractivity contribution in [1.29, 1.82) is 0 Å². The second-order valence-electron chi connectivity index (χ2n) is 5.36. The molecule has 2 atom stereocenters. The summed E-state index contributed by atoms with van der Waals surface area (Å²) in [6.45, 7) is 3.61. The Kier molecular flexibility index (Phi) is 4.06. The predicted molar refractivity (Wildman–Crippen MR) is 72.0 cm³/mol. The topological polar surface area (TPSA) is 57.6 Å². The van der Waals surface area contributed by atoms with Gasteiger partial charge in [0.05, 0.1) is 11.5 Å². The van der Waals surface area contributed by atoms with Gasteiger partial charge in [0.1, 0.15) is 5.82 Å². The van der Waals surface area contributed by atoms with Gasteiger partial charge in [-0.1, -0.05) is 12.1 Å². The summed E-state index contributed by atoms with van der Waals surface area (Å²) in [4.78, 5) is 25.0. The van der Waals surface area contributed by atoms with E-state index in [1.165, 1.54) is 11.0 Å². The van der Waals surface area contributed by atoms with Crippen molar-refractivity contribution in [2.24, 2.45) is 5.92 Å². The highest BCUT2D eigenvalue weighted by atomic mass is 19.1. The summed E-state index contributed by atoms with van der Waals surface area (Å²) in [5.74, 6) is -2.42. The predicted octanol–water partition coefficient (Wildman–Crippen LogP) is 2.46. The third-order valence-electron chi connectivity index (χ3n) is 3.91. The minimum Gasteiger partial charge on any atom is -0.481 e. The number of benzene rings is 1. The minimum absolute atomic E-state index is 0.0166. The number of carboxylic acids is 1. The Morgan fingerprint density at radius 1 is 1.35 bits per heavy atom. The molecule has 0 aliphatic carbocycles. The van der Waals surface area contributed by atoms with Gasteiger partial charge in [-0.3, -0.25) is 9.59 Å². The monoisotopic (exact) mass is 279 g/mol. The Balaban J connectivity index is 2.26. The van der Waals surface area contributed by atoms with Gasteiger partial charge in [-0.05, 0) is 38.3 Å². The van der Waals surface area contributed by atoms with Crippen LogP contribution in [0.25, 0.3) is 0 Å². The summed E-state index contributed by atoms with van der Waals surface area (Å²) in [5, 5.41) is 9.08. The van der Waals surface area contributed by atoms with E-state index in [1.807, 2.05) is 6.92 Å². The highest BCUT2D eigenvalue weighted by Crippen LogP contribution is 2.25. The van der Waals surface area contributed by atoms with E-state index in [4.69, 9.17) is 5.11 Å². The molecule has 1 aliphatic heterocycles. The number of hydrogen-bond acceptors (Lipinski definition) is 2. The van der Waals surface area contributed by atoms with Crippen LogP contribution in [0.3, 0.4) is 0 Å². The lowest BCUT2D eigenvalue weighted by molar-refractivity contribution is -0.143. The molecule has 2 unspecified atom stereocenters. The van der Waals surface area contributed by atoms with E-state index in [0.717, 1.165) is 0 Å². The average Bonchev–Trinajstić information content (AvgIpc) is 2.41. The minimum atomic E-state index is -0.903. The fourth-order valence-electron chi connectivity index (χ4n) is 2.56. The van der Waals surface area contributed by atoms with Crippen LogP contribution in [0.15, 0.2) is 18.2 Å². The van der Waals surface area contributed by atoms with Gasteiger partial charge >= 0.3 is 5.97 Å². The van der Waals surface area contributed by atoms with Crippen molar-refractivity contribution in [3.05, 3.63) is 35.1 Å². The van der Waals surface area contributed by atoms with Crippen molar-refractivity contribution in [1.82, 2.24) is 4.90 Å². The fraction of sp³-hybridized carbons (Fsp3) is 0.467. The first-order chi connectivity index (χ1) is 9.41. The number of hydrogen-bond donors (Lipinski definition) is 1. The van der Waals surface area contributed by atoms with Gasteiger partial charge in [-0.2, -0.15) is 0 Å². The summed E-state index contributed by atoms with van der Waals surface area (Å²) in [5.41, 5.74) is 0.429. The molecular weight excluding hydrogens is 261 g/mol. The maximum absolute atomic E-state index is 14.0. The number of halogens is 1. The zero-order chi connectivity index (χ0) is 14.9. The van der Waals surface area contributed by atoms with Crippen LogP contribution >= 0.6 is 0 Å². The lowest BCUT2D eigenvalue weighted by Crippen LogP contribution is -2.47. The molecule has 1 saturated heterocycles. The molecule has 1 N–H and O–H groups in total. The summed E-state index contributed by atoms with van der Waals surface area (Å²) in [6, 6.07) is 4.61. The number of nitrogens with zero attached hydrogens (tertiary/aromatic N) is 1. The molecule has 1 aliphatic rings. The van der Waals surface area contributed by atoms with Crippen molar-refractivity contribution in [3.63, 3.8) is 0 Å². The third-order valence-corrected chi connectivity index (χ3v) is 3.91. The highest BCUT2D eigenvalue weighted by molar-refractivity contribution is 5.95. The van der Waals surface area contributed by atoms with E-state index in [9.17, 15) is 14.0 Å². The van der Waals surface area contributed by atoms with E-state index in [-0.39, 0.29) is 18.2 Å².